The zero-order valence-electron chi connectivity index (χ0n) is 21.4. The molecule has 5 aromatic rings. The molecule has 0 fully saturated rings. The van der Waals surface area contributed by atoms with Gasteiger partial charge in [0.15, 0.2) is 0 Å². The summed E-state index contributed by atoms with van der Waals surface area (Å²) in [4.78, 5) is 5.71. The normalized spacial score (nSPS) is 12.3. The smallest absolute Gasteiger partial charge is 0.0457 e. The van der Waals surface area contributed by atoms with Crippen molar-refractivity contribution in [1.29, 1.82) is 0 Å². The summed E-state index contributed by atoms with van der Waals surface area (Å²) >= 11 is 0. The Hall–Kier alpha value is -4.26. The molecule has 0 saturated carbocycles. The fourth-order valence-corrected chi connectivity index (χ4v) is 5.49. The van der Waals surface area contributed by atoms with E-state index in [0.29, 0.717) is 0 Å². The number of aromatic amines is 1. The molecule has 0 amide bonds. The predicted octanol–water partition coefficient (Wildman–Crippen LogP) is 8.98. The van der Waals surface area contributed by atoms with E-state index in [9.17, 15) is 0 Å². The molecule has 0 radical (unpaired) electrons. The maximum absolute atomic E-state index is 3.84. The number of aryl methyl sites for hydroxylation is 2. The van der Waals surface area contributed by atoms with Gasteiger partial charge in [0.1, 0.15) is 0 Å². The van der Waals surface area contributed by atoms with E-state index in [1.165, 1.54) is 72.3 Å². The van der Waals surface area contributed by atoms with Crippen molar-refractivity contribution in [2.45, 2.75) is 27.2 Å². The highest BCUT2D eigenvalue weighted by atomic mass is 15.1. The van der Waals surface area contributed by atoms with E-state index in [0.717, 1.165) is 12.0 Å². The first-order valence-corrected chi connectivity index (χ1v) is 12.5. The maximum atomic E-state index is 3.84. The van der Waals surface area contributed by atoms with Crippen LogP contribution in [0.3, 0.4) is 0 Å². The lowest BCUT2D eigenvalue weighted by Crippen LogP contribution is -2.18. The van der Waals surface area contributed by atoms with Crippen LogP contribution in [0.5, 0.6) is 0 Å². The van der Waals surface area contributed by atoms with Crippen molar-refractivity contribution in [2.24, 2.45) is 0 Å². The van der Waals surface area contributed by atoms with Gasteiger partial charge in [-0.15, -0.1) is 5.73 Å². The third kappa shape index (κ3) is 3.59. The van der Waals surface area contributed by atoms with Crippen LogP contribution in [-0.2, 0) is 6.42 Å². The summed E-state index contributed by atoms with van der Waals surface area (Å²) in [6.07, 6.45) is 3.03. The molecule has 0 atom stereocenters. The van der Waals surface area contributed by atoms with Crippen LogP contribution in [0.15, 0.2) is 91.3 Å². The Bertz CT molecular complexity index is 1710. The monoisotopic (exact) mass is 466 g/mol. The number of allylic oxidation sites excluding steroid dienone is 1. The molecule has 0 aliphatic carbocycles. The van der Waals surface area contributed by atoms with Gasteiger partial charge >= 0.3 is 0 Å². The molecule has 1 aliphatic rings. The summed E-state index contributed by atoms with van der Waals surface area (Å²) in [6.45, 7) is 10.2. The van der Waals surface area contributed by atoms with Crippen LogP contribution in [0.2, 0.25) is 0 Å². The molecule has 0 bridgehead atoms. The van der Waals surface area contributed by atoms with Crippen molar-refractivity contribution in [3.05, 3.63) is 119 Å². The molecule has 176 valence electrons. The Labute approximate surface area is 213 Å². The minimum absolute atomic E-state index is 0.947. The van der Waals surface area contributed by atoms with Gasteiger partial charge in [-0.3, -0.25) is 0 Å². The van der Waals surface area contributed by atoms with Crippen molar-refractivity contribution >= 4 is 27.9 Å². The van der Waals surface area contributed by atoms with Crippen LogP contribution in [0.4, 0.5) is 11.4 Å². The van der Waals surface area contributed by atoms with Crippen molar-refractivity contribution < 1.29 is 0 Å². The number of nitrogens with zero attached hydrogens (tertiary/aromatic N) is 1. The molecule has 2 nitrogen and oxygen atoms in total. The third-order valence-corrected chi connectivity index (χ3v) is 7.74. The number of hydrogen-bond acceptors (Lipinski definition) is 1. The molecular weight excluding hydrogens is 436 g/mol. The van der Waals surface area contributed by atoms with E-state index in [1.54, 1.807) is 0 Å². The fraction of sp³-hybridized carbons (Fsp3) is 0.147. The molecular formula is C34H30N2. The minimum atomic E-state index is 0.947. The summed E-state index contributed by atoms with van der Waals surface area (Å²) < 4.78 is 0. The average Bonchev–Trinajstić information content (AvgIpc) is 3.28. The number of fused-ring (bicyclic) bond motifs is 3. The van der Waals surface area contributed by atoms with Gasteiger partial charge < -0.3 is 9.88 Å². The lowest BCUT2D eigenvalue weighted by atomic mass is 9.90. The Balaban J connectivity index is 1.39. The molecule has 4 aromatic carbocycles. The molecule has 6 rings (SSSR count). The number of benzene rings is 4. The molecule has 1 N–H and O–H groups in total. The van der Waals surface area contributed by atoms with Crippen molar-refractivity contribution in [1.82, 2.24) is 4.98 Å². The fourth-order valence-electron chi connectivity index (χ4n) is 5.49. The standard InChI is InChI=1S/C34H30N2/c1-6-21(2)30-16-24(8-7-22(30)3)26-9-11-28-15-29-12-10-27(19-34(29)36(5)33(28)18-26)25-13-14-32-31(17-25)23(4)20-35-32/h7-14,16-20,35H,1,15H2,2-5H3. The second-order valence-electron chi connectivity index (χ2n) is 9.99. The molecule has 1 aromatic heterocycles. The molecule has 0 spiro atoms. The first-order valence-electron chi connectivity index (χ1n) is 12.5. The zero-order chi connectivity index (χ0) is 25.0. The van der Waals surface area contributed by atoms with E-state index < -0.39 is 0 Å². The number of anilines is 2. The first-order chi connectivity index (χ1) is 17.4. The van der Waals surface area contributed by atoms with Gasteiger partial charge in [0.25, 0.3) is 0 Å². The largest absolute Gasteiger partial charge is 0.361 e. The van der Waals surface area contributed by atoms with Gasteiger partial charge in [0, 0.05) is 41.9 Å². The average molecular weight is 467 g/mol. The van der Waals surface area contributed by atoms with E-state index in [-0.39, 0.29) is 0 Å². The van der Waals surface area contributed by atoms with E-state index in [4.69, 9.17) is 0 Å². The lowest BCUT2D eigenvalue weighted by molar-refractivity contribution is 1.06. The number of rotatable bonds is 3. The van der Waals surface area contributed by atoms with Crippen LogP contribution >= 0.6 is 0 Å². The van der Waals surface area contributed by atoms with Gasteiger partial charge in [-0.1, -0.05) is 49.0 Å². The Morgan fingerprint density at radius 2 is 1.36 bits per heavy atom. The summed E-state index contributed by atoms with van der Waals surface area (Å²) in [5, 5.41) is 1.28. The van der Waals surface area contributed by atoms with Crippen LogP contribution < -0.4 is 4.90 Å². The zero-order valence-corrected chi connectivity index (χ0v) is 21.4. The minimum Gasteiger partial charge on any atom is -0.361 e. The van der Waals surface area contributed by atoms with Gasteiger partial charge in [-0.05, 0) is 107 Å². The summed E-state index contributed by atoms with van der Waals surface area (Å²) in [6, 6.07) is 27.1. The Morgan fingerprint density at radius 3 is 2.03 bits per heavy atom. The SMILES string of the molecule is C=C=C(C)c1cc(-c2ccc3c(c2)N(C)c2cc(-c4ccc5[nH]cc(C)c5c4)ccc2C3)ccc1C. The second-order valence-corrected chi connectivity index (χ2v) is 9.99. The quantitative estimate of drug-likeness (QED) is 0.263. The molecule has 2 heterocycles. The molecule has 2 heteroatoms. The highest BCUT2D eigenvalue weighted by Crippen LogP contribution is 2.42. The summed E-state index contributed by atoms with van der Waals surface area (Å²) in [5.41, 5.74) is 19.3. The molecule has 0 unspecified atom stereocenters. The van der Waals surface area contributed by atoms with Gasteiger partial charge in [-0.25, -0.2) is 0 Å². The summed E-state index contributed by atoms with van der Waals surface area (Å²) in [7, 11) is 2.19. The summed E-state index contributed by atoms with van der Waals surface area (Å²) in [5.74, 6) is 0. The molecule has 0 saturated heterocycles. The van der Waals surface area contributed by atoms with Crippen LogP contribution in [0, 0.1) is 13.8 Å². The number of nitrogens with one attached hydrogen (secondary N) is 1. The van der Waals surface area contributed by atoms with Crippen LogP contribution in [0.1, 0.15) is 34.7 Å². The maximum Gasteiger partial charge on any atom is 0.0457 e. The Kier molecular flexibility index (Phi) is 5.21. The highest BCUT2D eigenvalue weighted by Gasteiger charge is 2.21. The van der Waals surface area contributed by atoms with Crippen LogP contribution in [0.25, 0.3) is 38.7 Å². The van der Waals surface area contributed by atoms with E-state index in [2.05, 4.69) is 129 Å². The Morgan fingerprint density at radius 1 is 0.778 bits per heavy atom. The number of hydrogen-bond donors (Lipinski definition) is 1. The van der Waals surface area contributed by atoms with Crippen molar-refractivity contribution in [2.75, 3.05) is 11.9 Å². The molecule has 36 heavy (non-hydrogen) atoms. The van der Waals surface area contributed by atoms with Gasteiger partial charge in [0.2, 0.25) is 0 Å². The van der Waals surface area contributed by atoms with Crippen molar-refractivity contribution in [3.63, 3.8) is 0 Å². The topological polar surface area (TPSA) is 19.0 Å². The molecule has 1 aliphatic heterocycles. The van der Waals surface area contributed by atoms with E-state index >= 15 is 0 Å². The van der Waals surface area contributed by atoms with Gasteiger partial charge in [-0.2, -0.15) is 0 Å². The number of aromatic nitrogens is 1. The van der Waals surface area contributed by atoms with E-state index in [1.807, 2.05) is 0 Å². The number of H-pyrrole nitrogens is 1. The first kappa shape index (κ1) is 22.2. The third-order valence-electron chi connectivity index (χ3n) is 7.74. The highest BCUT2D eigenvalue weighted by molar-refractivity contribution is 5.89. The van der Waals surface area contributed by atoms with Gasteiger partial charge in [0.05, 0.1) is 0 Å². The second kappa shape index (κ2) is 8.45. The predicted molar refractivity (Wildman–Crippen MR) is 154 cm³/mol. The lowest BCUT2D eigenvalue weighted by Gasteiger charge is -2.31. The van der Waals surface area contributed by atoms with Crippen LogP contribution in [-0.4, -0.2) is 12.0 Å². The van der Waals surface area contributed by atoms with Crippen molar-refractivity contribution in [3.8, 4) is 22.3 Å².